The van der Waals surface area contributed by atoms with Crippen molar-refractivity contribution >= 4 is 9.84 Å². The third kappa shape index (κ3) is 3.36. The molecule has 70 valence electrons. The second-order valence-corrected chi connectivity index (χ2v) is 5.71. The molecule has 0 spiro atoms. The highest BCUT2D eigenvalue weighted by Crippen LogP contribution is 2.24. The van der Waals surface area contributed by atoms with E-state index < -0.39 is 9.84 Å². The normalized spacial score (nSPS) is 23.5. The molecule has 1 fully saturated rings. The Morgan fingerprint density at radius 2 is 2.17 bits per heavy atom. The van der Waals surface area contributed by atoms with Gasteiger partial charge in [0.2, 0.25) is 0 Å². The molecule has 0 heterocycles. The van der Waals surface area contributed by atoms with Crippen molar-refractivity contribution in [1.29, 1.82) is 0 Å². The Labute approximate surface area is 73.6 Å². The van der Waals surface area contributed by atoms with E-state index in [-0.39, 0.29) is 5.75 Å². The van der Waals surface area contributed by atoms with Gasteiger partial charge in [-0.3, -0.25) is 0 Å². The number of nitrogens with two attached hydrogens (primary N) is 1. The second-order valence-electron chi connectivity index (χ2n) is 3.45. The number of hydrogen-bond acceptors (Lipinski definition) is 3. The maximum Gasteiger partial charge on any atom is 0.147 e. The van der Waals surface area contributed by atoms with Crippen LogP contribution >= 0.6 is 0 Å². The van der Waals surface area contributed by atoms with E-state index in [0.717, 1.165) is 12.8 Å². The van der Waals surface area contributed by atoms with Crippen LogP contribution in [-0.4, -0.2) is 26.5 Å². The van der Waals surface area contributed by atoms with E-state index in [4.69, 9.17) is 5.73 Å². The fourth-order valence-electron chi connectivity index (χ4n) is 1.26. The van der Waals surface area contributed by atoms with Crippen molar-refractivity contribution in [2.24, 2.45) is 5.73 Å². The molecule has 3 nitrogen and oxygen atoms in total. The van der Waals surface area contributed by atoms with E-state index in [9.17, 15) is 8.42 Å². The third-order valence-electron chi connectivity index (χ3n) is 1.97. The number of sulfone groups is 1. The van der Waals surface area contributed by atoms with Crippen molar-refractivity contribution in [3.63, 3.8) is 0 Å². The lowest BCUT2D eigenvalue weighted by Crippen LogP contribution is -2.30. The quantitative estimate of drug-likeness (QED) is 0.656. The fourth-order valence-corrected chi connectivity index (χ4v) is 1.80. The highest BCUT2D eigenvalue weighted by Gasteiger charge is 2.17. The molecule has 0 radical (unpaired) electrons. The van der Waals surface area contributed by atoms with Gasteiger partial charge in [-0.15, -0.1) is 0 Å². The monoisotopic (exact) mass is 189 g/mol. The highest BCUT2D eigenvalue weighted by molar-refractivity contribution is 7.90. The molecular weight excluding hydrogens is 174 g/mol. The summed E-state index contributed by atoms with van der Waals surface area (Å²) in [4.78, 5) is 0. The molecular formula is C8H15NO2S. The first kappa shape index (κ1) is 9.74. The second kappa shape index (κ2) is 3.58. The van der Waals surface area contributed by atoms with Crippen molar-refractivity contribution in [3.8, 4) is 0 Å². The summed E-state index contributed by atoms with van der Waals surface area (Å²) in [5.41, 5.74) is 6.88. The zero-order valence-electron chi connectivity index (χ0n) is 7.29. The van der Waals surface area contributed by atoms with Crippen molar-refractivity contribution in [1.82, 2.24) is 0 Å². The average molecular weight is 189 g/mol. The van der Waals surface area contributed by atoms with E-state index >= 15 is 0 Å². The van der Waals surface area contributed by atoms with Crippen LogP contribution in [0.5, 0.6) is 0 Å². The zero-order chi connectivity index (χ0) is 9.19. The molecule has 1 rings (SSSR count). The standard InChI is InChI=1S/C8H15NO2S/c1-12(10,11)4-2-3-7-5-8(9)6-7/h3,8H,2,4-6,9H2,1H3. The maximum absolute atomic E-state index is 10.7. The van der Waals surface area contributed by atoms with Crippen molar-refractivity contribution in [2.75, 3.05) is 12.0 Å². The number of hydrogen-bond donors (Lipinski definition) is 1. The van der Waals surface area contributed by atoms with Gasteiger partial charge in [0.1, 0.15) is 9.84 Å². The molecule has 0 unspecified atom stereocenters. The summed E-state index contributed by atoms with van der Waals surface area (Å²) in [7, 11) is -2.79. The fraction of sp³-hybridized carbons (Fsp3) is 0.750. The molecule has 0 aliphatic heterocycles. The summed E-state index contributed by atoms with van der Waals surface area (Å²) in [6.45, 7) is 0. The van der Waals surface area contributed by atoms with E-state index in [1.165, 1.54) is 11.8 Å². The third-order valence-corrected chi connectivity index (χ3v) is 2.95. The Balaban J connectivity index is 2.23. The van der Waals surface area contributed by atoms with Gasteiger partial charge in [0.05, 0.1) is 5.75 Å². The van der Waals surface area contributed by atoms with Crippen LogP contribution in [0, 0.1) is 0 Å². The molecule has 0 aromatic rings. The SMILES string of the molecule is CS(=O)(=O)CCC=C1CC(N)C1. The van der Waals surface area contributed by atoms with Crippen LogP contribution < -0.4 is 5.73 Å². The molecule has 1 aliphatic carbocycles. The Morgan fingerprint density at radius 1 is 1.58 bits per heavy atom. The summed E-state index contributed by atoms with van der Waals surface area (Å²) in [6.07, 6.45) is 5.80. The Hall–Kier alpha value is -0.350. The minimum atomic E-state index is -2.79. The first-order valence-corrected chi connectivity index (χ1v) is 6.14. The van der Waals surface area contributed by atoms with Gasteiger partial charge in [-0.05, 0) is 19.3 Å². The van der Waals surface area contributed by atoms with Crippen molar-refractivity contribution < 1.29 is 8.42 Å². The van der Waals surface area contributed by atoms with E-state index in [1.807, 2.05) is 6.08 Å². The first-order valence-electron chi connectivity index (χ1n) is 4.08. The largest absolute Gasteiger partial charge is 0.327 e. The topological polar surface area (TPSA) is 60.2 Å². The summed E-state index contributed by atoms with van der Waals surface area (Å²) in [6, 6.07) is 0.314. The van der Waals surface area contributed by atoms with Crippen LogP contribution in [0.1, 0.15) is 19.3 Å². The van der Waals surface area contributed by atoms with Gasteiger partial charge in [-0.25, -0.2) is 8.42 Å². The van der Waals surface area contributed by atoms with Gasteiger partial charge in [-0.2, -0.15) is 0 Å². The van der Waals surface area contributed by atoms with Crippen LogP contribution in [0.25, 0.3) is 0 Å². The van der Waals surface area contributed by atoms with Crippen molar-refractivity contribution in [2.45, 2.75) is 25.3 Å². The lowest BCUT2D eigenvalue weighted by atomic mass is 9.87. The molecule has 0 atom stereocenters. The smallest absolute Gasteiger partial charge is 0.147 e. The van der Waals surface area contributed by atoms with Gasteiger partial charge in [-0.1, -0.05) is 11.6 Å². The summed E-state index contributed by atoms with van der Waals surface area (Å²) in [5.74, 6) is 0.256. The first-order chi connectivity index (χ1) is 5.47. The van der Waals surface area contributed by atoms with Gasteiger partial charge >= 0.3 is 0 Å². The Kier molecular flexibility index (Phi) is 2.90. The highest BCUT2D eigenvalue weighted by atomic mass is 32.2. The lowest BCUT2D eigenvalue weighted by molar-refractivity contribution is 0.539. The molecule has 0 bridgehead atoms. The van der Waals surface area contributed by atoms with E-state index in [1.54, 1.807) is 0 Å². The molecule has 0 saturated heterocycles. The molecule has 0 aromatic heterocycles. The predicted octanol–water partition coefficient (Wildman–Crippen LogP) is 0.469. The minimum Gasteiger partial charge on any atom is -0.327 e. The molecule has 0 amide bonds. The van der Waals surface area contributed by atoms with E-state index in [2.05, 4.69) is 0 Å². The van der Waals surface area contributed by atoms with Crippen LogP contribution in [0.2, 0.25) is 0 Å². The van der Waals surface area contributed by atoms with Crippen LogP contribution in [-0.2, 0) is 9.84 Å². The maximum atomic E-state index is 10.7. The average Bonchev–Trinajstić information content (AvgIpc) is 1.81. The summed E-state index contributed by atoms with van der Waals surface area (Å²) >= 11 is 0. The molecule has 1 saturated carbocycles. The predicted molar refractivity (Wildman–Crippen MR) is 49.6 cm³/mol. The van der Waals surface area contributed by atoms with Crippen LogP contribution in [0.3, 0.4) is 0 Å². The zero-order valence-corrected chi connectivity index (χ0v) is 8.10. The number of allylic oxidation sites excluding steroid dienone is 1. The Morgan fingerprint density at radius 3 is 2.58 bits per heavy atom. The summed E-state index contributed by atoms with van der Waals surface area (Å²) < 4.78 is 21.5. The van der Waals surface area contributed by atoms with Gasteiger partial charge in [0.25, 0.3) is 0 Å². The van der Waals surface area contributed by atoms with Gasteiger partial charge in [0.15, 0.2) is 0 Å². The minimum absolute atomic E-state index is 0.256. The molecule has 4 heteroatoms. The Bertz CT molecular complexity index is 271. The molecule has 1 aliphatic rings. The van der Waals surface area contributed by atoms with Gasteiger partial charge in [0, 0.05) is 12.3 Å². The van der Waals surface area contributed by atoms with Crippen LogP contribution in [0.4, 0.5) is 0 Å². The van der Waals surface area contributed by atoms with Gasteiger partial charge < -0.3 is 5.73 Å². The molecule has 12 heavy (non-hydrogen) atoms. The molecule has 2 N–H and O–H groups in total. The lowest BCUT2D eigenvalue weighted by Gasteiger charge is -2.25. The van der Waals surface area contributed by atoms with Crippen LogP contribution in [0.15, 0.2) is 11.6 Å². The van der Waals surface area contributed by atoms with E-state index in [0.29, 0.717) is 12.5 Å². The number of rotatable bonds is 3. The molecule has 0 aromatic carbocycles. The van der Waals surface area contributed by atoms with Crippen molar-refractivity contribution in [3.05, 3.63) is 11.6 Å². The summed E-state index contributed by atoms with van der Waals surface area (Å²) in [5, 5.41) is 0.